The molecule has 0 radical (unpaired) electrons. The number of hydrogen-bond donors (Lipinski definition) is 3. The molecule has 136 valence electrons. The lowest BCUT2D eigenvalue weighted by atomic mass is 9.97. The number of thioether (sulfide) groups is 1. The minimum Gasteiger partial charge on any atom is -0.482 e. The van der Waals surface area contributed by atoms with Crippen molar-refractivity contribution in [1.82, 2.24) is 5.43 Å². The average Bonchev–Trinajstić information content (AvgIpc) is 3.14. The summed E-state index contributed by atoms with van der Waals surface area (Å²) in [5.41, 5.74) is 5.62. The molecule has 0 bridgehead atoms. The van der Waals surface area contributed by atoms with Crippen LogP contribution in [0, 0.1) is 5.82 Å². The Balaban J connectivity index is 1.56. The number of benzene rings is 2. The predicted molar refractivity (Wildman–Crippen MR) is 101 cm³/mol. The van der Waals surface area contributed by atoms with E-state index >= 15 is 0 Å². The number of nitrogens with zero attached hydrogens (tertiary/aromatic N) is 1. The molecular weight excluding hydrogens is 367 g/mol. The number of rotatable bonds is 2. The number of aliphatic imine (C=N–C) groups is 1. The van der Waals surface area contributed by atoms with E-state index in [1.54, 1.807) is 30.1 Å². The van der Waals surface area contributed by atoms with Crippen LogP contribution in [-0.2, 0) is 4.79 Å². The molecule has 0 aromatic heterocycles. The molecule has 3 N–H and O–H groups in total. The van der Waals surface area contributed by atoms with Crippen LogP contribution < -0.4 is 20.5 Å². The van der Waals surface area contributed by atoms with Gasteiger partial charge in [0.25, 0.3) is 11.1 Å². The topological polar surface area (TPSA) is 67.2 Å². The minimum atomic E-state index is -0.272. The average molecular weight is 383 g/mol. The fourth-order valence-corrected chi connectivity index (χ4v) is 4.71. The summed E-state index contributed by atoms with van der Waals surface area (Å²) in [4.78, 5) is 16.1. The van der Waals surface area contributed by atoms with Crippen molar-refractivity contribution in [3.8, 4) is 5.75 Å². The lowest BCUT2D eigenvalue weighted by Crippen LogP contribution is -3.16. The predicted octanol–water partition coefficient (Wildman–Crippen LogP) is 1.92. The van der Waals surface area contributed by atoms with E-state index in [2.05, 4.69) is 15.7 Å². The van der Waals surface area contributed by atoms with Crippen molar-refractivity contribution in [1.29, 1.82) is 0 Å². The van der Waals surface area contributed by atoms with Crippen molar-refractivity contribution in [3.05, 3.63) is 71.8 Å². The minimum absolute atomic E-state index is 0.0186. The second-order valence-corrected chi connectivity index (χ2v) is 7.57. The molecule has 3 aliphatic heterocycles. The highest BCUT2D eigenvalue weighted by atomic mass is 32.2. The molecule has 0 aliphatic carbocycles. The molecule has 6 nitrogen and oxygen atoms in total. The van der Waals surface area contributed by atoms with Gasteiger partial charge in [0.2, 0.25) is 0 Å². The van der Waals surface area contributed by atoms with Crippen molar-refractivity contribution in [3.63, 3.8) is 0 Å². The second-order valence-electron chi connectivity index (χ2n) is 6.44. The van der Waals surface area contributed by atoms with E-state index < -0.39 is 0 Å². The van der Waals surface area contributed by atoms with Crippen molar-refractivity contribution >= 4 is 28.5 Å². The molecule has 1 amide bonds. The third kappa shape index (κ3) is 2.91. The van der Waals surface area contributed by atoms with Crippen LogP contribution in [0.15, 0.2) is 59.9 Å². The number of carbonyl (C=O) groups excluding carboxylic acids is 1. The van der Waals surface area contributed by atoms with E-state index in [1.165, 1.54) is 6.07 Å². The largest absolute Gasteiger partial charge is 0.482 e. The third-order valence-electron chi connectivity index (χ3n) is 4.72. The fourth-order valence-electron chi connectivity index (χ4n) is 3.46. The van der Waals surface area contributed by atoms with E-state index in [0.717, 1.165) is 15.7 Å². The van der Waals surface area contributed by atoms with Crippen LogP contribution in [0.5, 0.6) is 5.75 Å². The summed E-state index contributed by atoms with van der Waals surface area (Å²) in [5, 5.41) is 4.50. The Labute approximate surface area is 159 Å². The third-order valence-corrected chi connectivity index (χ3v) is 6.07. The molecule has 27 heavy (non-hydrogen) atoms. The van der Waals surface area contributed by atoms with E-state index in [0.29, 0.717) is 17.0 Å². The molecule has 5 rings (SSSR count). The number of anilines is 1. The van der Waals surface area contributed by atoms with E-state index in [1.807, 2.05) is 30.5 Å². The zero-order valence-corrected chi connectivity index (χ0v) is 14.9. The maximum atomic E-state index is 14.5. The molecule has 3 atom stereocenters. The molecule has 3 unspecified atom stereocenters. The van der Waals surface area contributed by atoms with Crippen LogP contribution in [0.25, 0.3) is 0 Å². The van der Waals surface area contributed by atoms with E-state index in [4.69, 9.17) is 4.74 Å². The van der Waals surface area contributed by atoms with Gasteiger partial charge in [0.05, 0.1) is 17.1 Å². The number of halogens is 1. The number of hydrogen-bond acceptors (Lipinski definition) is 5. The first kappa shape index (κ1) is 16.5. The van der Waals surface area contributed by atoms with Crippen LogP contribution in [0.2, 0.25) is 0 Å². The standard InChI is InChI=1S/C19H15FN4O2S/c20-13-4-2-1-3-12(13)17-18(27-19-21-7-8-24(19)23-17)11-5-6-15-14(9-11)22-16(25)10-26-15/h1-9,17-18,23H,10H2,(H,22,25)/p+1. The Morgan fingerprint density at radius 1 is 1.26 bits per heavy atom. The SMILES string of the molecule is O=C1COc2ccc(C3SC4=NC=C[NH+]4NC3c3ccccc3F)cc2N1. The van der Waals surface area contributed by atoms with Gasteiger partial charge in [-0.1, -0.05) is 24.3 Å². The van der Waals surface area contributed by atoms with Gasteiger partial charge in [0.15, 0.2) is 6.61 Å². The van der Waals surface area contributed by atoms with Gasteiger partial charge in [-0.2, -0.15) is 10.0 Å². The number of nitrogens with one attached hydrogen (secondary N) is 3. The lowest BCUT2D eigenvalue weighted by Gasteiger charge is -2.34. The summed E-state index contributed by atoms with van der Waals surface area (Å²) in [7, 11) is 0. The molecular formula is C19H16FN4O2S+. The van der Waals surface area contributed by atoms with E-state index in [-0.39, 0.29) is 29.6 Å². The zero-order valence-electron chi connectivity index (χ0n) is 14.1. The number of amidine groups is 1. The number of quaternary nitrogens is 1. The van der Waals surface area contributed by atoms with Crippen molar-refractivity contribution in [2.45, 2.75) is 11.3 Å². The van der Waals surface area contributed by atoms with Gasteiger partial charge in [-0.25, -0.2) is 4.39 Å². The van der Waals surface area contributed by atoms with Gasteiger partial charge >= 0.3 is 0 Å². The summed E-state index contributed by atoms with van der Waals surface area (Å²) in [6.45, 7) is 0.0186. The van der Waals surface area contributed by atoms with Crippen LogP contribution in [0.3, 0.4) is 0 Å². The number of fused-ring (bicyclic) bond motifs is 2. The lowest BCUT2D eigenvalue weighted by molar-refractivity contribution is -0.800. The monoisotopic (exact) mass is 383 g/mol. The van der Waals surface area contributed by atoms with E-state index in [9.17, 15) is 9.18 Å². The van der Waals surface area contributed by atoms with Crippen LogP contribution in [-0.4, -0.2) is 17.7 Å². The maximum Gasteiger partial charge on any atom is 0.287 e. The van der Waals surface area contributed by atoms with Gasteiger partial charge in [0, 0.05) is 5.56 Å². The number of ether oxygens (including phenoxy) is 1. The van der Waals surface area contributed by atoms with Crippen LogP contribution >= 0.6 is 11.8 Å². The molecule has 2 aromatic rings. The first-order chi connectivity index (χ1) is 13.2. The Morgan fingerprint density at radius 3 is 3.04 bits per heavy atom. The Hall–Kier alpha value is -2.68. The highest BCUT2D eigenvalue weighted by Gasteiger charge is 2.41. The molecule has 2 aromatic carbocycles. The number of amides is 1. The summed E-state index contributed by atoms with van der Waals surface area (Å²) >= 11 is 1.59. The molecule has 1 saturated heterocycles. The molecule has 3 aliphatic rings. The normalized spacial score (nSPS) is 25.9. The summed E-state index contributed by atoms with van der Waals surface area (Å²) < 4.78 is 20.0. The molecule has 0 saturated carbocycles. The molecule has 8 heteroatoms. The van der Waals surface area contributed by atoms with Crippen molar-refractivity contribution in [2.24, 2.45) is 4.99 Å². The number of carbonyl (C=O) groups is 1. The van der Waals surface area contributed by atoms with Crippen molar-refractivity contribution in [2.75, 3.05) is 11.9 Å². The summed E-state index contributed by atoms with van der Waals surface area (Å²) in [6.07, 6.45) is 3.64. The van der Waals surface area contributed by atoms with Gasteiger partial charge in [0.1, 0.15) is 23.8 Å². The first-order valence-electron chi connectivity index (χ1n) is 8.55. The molecule has 1 fully saturated rings. The van der Waals surface area contributed by atoms with Gasteiger partial charge in [-0.05, 0) is 35.5 Å². The van der Waals surface area contributed by atoms with Crippen molar-refractivity contribution < 1.29 is 18.9 Å². The van der Waals surface area contributed by atoms with Crippen LogP contribution in [0.1, 0.15) is 22.4 Å². The fraction of sp³-hybridized carbons (Fsp3) is 0.158. The zero-order chi connectivity index (χ0) is 18.4. The van der Waals surface area contributed by atoms with Crippen LogP contribution in [0.4, 0.5) is 10.1 Å². The summed E-state index contributed by atoms with van der Waals surface area (Å²) in [5.74, 6) is 0.208. The highest BCUT2D eigenvalue weighted by Crippen LogP contribution is 2.44. The first-order valence-corrected chi connectivity index (χ1v) is 9.43. The van der Waals surface area contributed by atoms with Gasteiger partial charge < -0.3 is 10.1 Å². The molecule has 0 spiro atoms. The Morgan fingerprint density at radius 2 is 2.15 bits per heavy atom. The molecule has 3 heterocycles. The van der Waals surface area contributed by atoms with Gasteiger partial charge in [-0.3, -0.25) is 4.79 Å². The quantitative estimate of drug-likeness (QED) is 0.741. The smallest absolute Gasteiger partial charge is 0.287 e. The second kappa shape index (κ2) is 6.49. The Bertz CT molecular complexity index is 993. The summed E-state index contributed by atoms with van der Waals surface area (Å²) in [6, 6.07) is 12.2. The Kier molecular flexibility index (Phi) is 3.96. The highest BCUT2D eigenvalue weighted by molar-refractivity contribution is 8.13. The maximum absolute atomic E-state index is 14.5. The van der Waals surface area contributed by atoms with Gasteiger partial charge in [-0.15, -0.1) is 5.43 Å².